The Labute approximate surface area is 113 Å². The number of anilines is 2. The fourth-order valence-corrected chi connectivity index (χ4v) is 2.68. The maximum absolute atomic E-state index is 11.3. The average Bonchev–Trinajstić information content (AvgIpc) is 2.38. The second kappa shape index (κ2) is 5.48. The molecule has 1 fully saturated rings. The Morgan fingerprint density at radius 2 is 1.79 bits per heavy atom. The summed E-state index contributed by atoms with van der Waals surface area (Å²) in [5.74, 6) is 0. The summed E-state index contributed by atoms with van der Waals surface area (Å²) in [6.07, 6.45) is 1.98. The number of para-hydroxylation sites is 2. The maximum atomic E-state index is 11.3. The van der Waals surface area contributed by atoms with Crippen molar-refractivity contribution in [3.63, 3.8) is 0 Å². The van der Waals surface area contributed by atoms with Gasteiger partial charge in [-0.25, -0.2) is 8.42 Å². The van der Waals surface area contributed by atoms with Crippen LogP contribution in [0.25, 0.3) is 0 Å². The smallest absolute Gasteiger partial charge is 0.229 e. The van der Waals surface area contributed by atoms with E-state index >= 15 is 0 Å². The fraction of sp³-hybridized carbons (Fsp3) is 0.417. The molecule has 1 aromatic rings. The quantitative estimate of drug-likeness (QED) is 0.809. The third-order valence-electron chi connectivity index (χ3n) is 3.00. The van der Waals surface area contributed by atoms with Gasteiger partial charge in [0.1, 0.15) is 0 Å². The lowest BCUT2D eigenvalue weighted by Crippen LogP contribution is -2.45. The van der Waals surface area contributed by atoms with Crippen LogP contribution >= 0.6 is 0 Å². The normalized spacial score (nSPS) is 16.3. The van der Waals surface area contributed by atoms with Crippen molar-refractivity contribution in [3.8, 4) is 0 Å². The second-order valence-corrected chi connectivity index (χ2v) is 6.27. The second-order valence-electron chi connectivity index (χ2n) is 4.52. The van der Waals surface area contributed by atoms with Crippen LogP contribution < -0.4 is 9.62 Å². The van der Waals surface area contributed by atoms with Gasteiger partial charge in [-0.2, -0.15) is 0 Å². The first kappa shape index (κ1) is 13.7. The number of amides is 1. The van der Waals surface area contributed by atoms with Crippen molar-refractivity contribution >= 4 is 27.8 Å². The minimum absolute atomic E-state index is 0.574. The van der Waals surface area contributed by atoms with Crippen molar-refractivity contribution in [2.45, 2.75) is 0 Å². The van der Waals surface area contributed by atoms with Gasteiger partial charge in [0, 0.05) is 26.2 Å². The lowest BCUT2D eigenvalue weighted by Gasteiger charge is -2.35. The third-order valence-corrected chi connectivity index (χ3v) is 3.59. The van der Waals surface area contributed by atoms with E-state index in [4.69, 9.17) is 0 Å². The largest absolute Gasteiger partial charge is 0.366 e. The highest BCUT2D eigenvalue weighted by Crippen LogP contribution is 2.27. The lowest BCUT2D eigenvalue weighted by molar-refractivity contribution is -0.118. The molecule has 1 N–H and O–H groups in total. The van der Waals surface area contributed by atoms with Crippen LogP contribution in [0.5, 0.6) is 0 Å². The van der Waals surface area contributed by atoms with Gasteiger partial charge in [-0.15, -0.1) is 0 Å². The molecule has 19 heavy (non-hydrogen) atoms. The number of rotatable bonds is 4. The van der Waals surface area contributed by atoms with E-state index < -0.39 is 10.0 Å². The predicted molar refractivity (Wildman–Crippen MR) is 74.8 cm³/mol. The minimum atomic E-state index is -3.30. The Morgan fingerprint density at radius 3 is 2.37 bits per heavy atom. The highest BCUT2D eigenvalue weighted by Gasteiger charge is 2.18. The first-order chi connectivity index (χ1) is 8.99. The van der Waals surface area contributed by atoms with Crippen LogP contribution in [0.4, 0.5) is 11.4 Å². The van der Waals surface area contributed by atoms with Crippen molar-refractivity contribution in [1.82, 2.24) is 4.90 Å². The van der Waals surface area contributed by atoms with E-state index in [1.165, 1.54) is 0 Å². The van der Waals surface area contributed by atoms with Crippen molar-refractivity contribution < 1.29 is 13.2 Å². The monoisotopic (exact) mass is 283 g/mol. The molecule has 6 nitrogen and oxygen atoms in total. The van der Waals surface area contributed by atoms with Crippen LogP contribution in [0.2, 0.25) is 0 Å². The van der Waals surface area contributed by atoms with E-state index in [1.807, 2.05) is 12.1 Å². The fourth-order valence-electron chi connectivity index (χ4n) is 2.10. The number of piperazine rings is 1. The molecule has 0 spiro atoms. The molecule has 2 rings (SSSR count). The number of carbonyl (C=O) groups excluding carboxylic acids is 1. The number of nitrogens with one attached hydrogen (secondary N) is 1. The van der Waals surface area contributed by atoms with Crippen molar-refractivity contribution in [1.29, 1.82) is 0 Å². The Kier molecular flexibility index (Phi) is 3.94. The molecular weight excluding hydrogens is 266 g/mol. The van der Waals surface area contributed by atoms with Gasteiger partial charge in [-0.3, -0.25) is 9.52 Å². The molecule has 104 valence electrons. The molecule has 0 aliphatic carbocycles. The topological polar surface area (TPSA) is 69.7 Å². The van der Waals surface area contributed by atoms with E-state index in [9.17, 15) is 13.2 Å². The SMILES string of the molecule is CS(=O)(=O)Nc1ccccc1N1CCN(C=O)CC1. The number of hydrogen-bond donors (Lipinski definition) is 1. The van der Waals surface area contributed by atoms with Crippen LogP contribution in [-0.4, -0.2) is 52.2 Å². The molecule has 1 saturated heterocycles. The lowest BCUT2D eigenvalue weighted by atomic mass is 10.2. The summed E-state index contributed by atoms with van der Waals surface area (Å²) in [6.45, 7) is 2.69. The zero-order chi connectivity index (χ0) is 13.9. The molecule has 1 aliphatic heterocycles. The van der Waals surface area contributed by atoms with Gasteiger partial charge in [0.2, 0.25) is 16.4 Å². The summed E-state index contributed by atoms with van der Waals surface area (Å²) < 4.78 is 25.2. The number of carbonyl (C=O) groups is 1. The van der Waals surface area contributed by atoms with Crippen LogP contribution in [0.1, 0.15) is 0 Å². The molecular formula is C12H17N3O3S. The first-order valence-electron chi connectivity index (χ1n) is 6.01. The van der Waals surface area contributed by atoms with Crippen LogP contribution in [-0.2, 0) is 14.8 Å². The van der Waals surface area contributed by atoms with Gasteiger partial charge < -0.3 is 9.80 Å². The molecule has 0 radical (unpaired) electrons. The molecule has 7 heteroatoms. The van der Waals surface area contributed by atoms with Crippen molar-refractivity contribution in [2.24, 2.45) is 0 Å². The molecule has 1 heterocycles. The Morgan fingerprint density at radius 1 is 1.16 bits per heavy atom. The van der Waals surface area contributed by atoms with Crippen molar-refractivity contribution in [2.75, 3.05) is 42.1 Å². The molecule has 1 amide bonds. The highest BCUT2D eigenvalue weighted by atomic mass is 32.2. The summed E-state index contributed by atoms with van der Waals surface area (Å²) >= 11 is 0. The summed E-state index contributed by atoms with van der Waals surface area (Å²) in [4.78, 5) is 14.5. The first-order valence-corrected chi connectivity index (χ1v) is 7.90. The molecule has 1 aliphatic rings. The van der Waals surface area contributed by atoms with Gasteiger partial charge in [0.25, 0.3) is 0 Å². The minimum Gasteiger partial charge on any atom is -0.366 e. The van der Waals surface area contributed by atoms with Crippen molar-refractivity contribution in [3.05, 3.63) is 24.3 Å². The Balaban J connectivity index is 2.18. The highest BCUT2D eigenvalue weighted by molar-refractivity contribution is 7.92. The maximum Gasteiger partial charge on any atom is 0.229 e. The zero-order valence-electron chi connectivity index (χ0n) is 10.7. The number of benzene rings is 1. The van der Waals surface area contributed by atoms with Gasteiger partial charge >= 0.3 is 0 Å². The van der Waals surface area contributed by atoms with Gasteiger partial charge in [0.15, 0.2) is 0 Å². The standard InChI is InChI=1S/C12H17N3O3S/c1-19(17,18)13-11-4-2-3-5-12(11)15-8-6-14(10-16)7-9-15/h2-5,10,13H,6-9H2,1H3. The van der Waals surface area contributed by atoms with E-state index in [0.717, 1.165) is 18.4 Å². The summed E-state index contributed by atoms with van der Waals surface area (Å²) in [5, 5.41) is 0. The predicted octanol–water partition coefficient (Wildman–Crippen LogP) is 0.336. The van der Waals surface area contributed by atoms with E-state index in [0.29, 0.717) is 31.9 Å². The summed E-state index contributed by atoms with van der Waals surface area (Å²) in [7, 11) is -3.30. The van der Waals surface area contributed by atoms with Gasteiger partial charge in [-0.05, 0) is 12.1 Å². The van der Waals surface area contributed by atoms with Gasteiger partial charge in [0.05, 0.1) is 17.6 Å². The average molecular weight is 283 g/mol. The van der Waals surface area contributed by atoms with Gasteiger partial charge in [-0.1, -0.05) is 12.1 Å². The Bertz CT molecular complexity index is 551. The molecule has 0 aromatic heterocycles. The zero-order valence-corrected chi connectivity index (χ0v) is 11.6. The van der Waals surface area contributed by atoms with E-state index in [2.05, 4.69) is 9.62 Å². The van der Waals surface area contributed by atoms with Crippen LogP contribution in [0.15, 0.2) is 24.3 Å². The number of nitrogens with zero attached hydrogens (tertiary/aromatic N) is 2. The summed E-state index contributed by atoms with van der Waals surface area (Å²) in [5.41, 5.74) is 1.42. The number of hydrogen-bond acceptors (Lipinski definition) is 4. The van der Waals surface area contributed by atoms with Crippen LogP contribution in [0, 0.1) is 0 Å². The molecule has 0 unspecified atom stereocenters. The summed E-state index contributed by atoms with van der Waals surface area (Å²) in [6, 6.07) is 7.28. The van der Waals surface area contributed by atoms with Crippen LogP contribution in [0.3, 0.4) is 0 Å². The Hall–Kier alpha value is -1.76. The third kappa shape index (κ3) is 3.60. The molecule has 0 bridgehead atoms. The van der Waals surface area contributed by atoms with E-state index in [1.54, 1.807) is 17.0 Å². The molecule has 1 aromatic carbocycles. The van der Waals surface area contributed by atoms with E-state index in [-0.39, 0.29) is 0 Å². The molecule has 0 atom stereocenters. The molecule has 0 saturated carbocycles. The number of sulfonamides is 1.